The van der Waals surface area contributed by atoms with Crippen LogP contribution in [0.3, 0.4) is 0 Å². The van der Waals surface area contributed by atoms with Gasteiger partial charge in [0.15, 0.2) is 6.61 Å². The van der Waals surface area contributed by atoms with Gasteiger partial charge in [-0.1, -0.05) is 19.8 Å². The fourth-order valence-corrected chi connectivity index (χ4v) is 1.25. The maximum absolute atomic E-state index is 12.6. The van der Waals surface area contributed by atoms with Gasteiger partial charge in [-0.2, -0.15) is 0 Å². The Bertz CT molecular complexity index is 335. The first-order valence-electron chi connectivity index (χ1n) is 5.76. The van der Waals surface area contributed by atoms with E-state index >= 15 is 0 Å². The van der Waals surface area contributed by atoms with Crippen LogP contribution in [0.25, 0.3) is 0 Å². The van der Waals surface area contributed by atoms with Crippen LogP contribution in [-0.2, 0) is 9.53 Å². The predicted octanol–water partition coefficient (Wildman–Crippen LogP) is 2.94. The van der Waals surface area contributed by atoms with Crippen molar-refractivity contribution in [3.05, 3.63) is 30.1 Å². The van der Waals surface area contributed by atoms with Crippen LogP contribution in [0.4, 0.5) is 4.39 Å². The zero-order valence-corrected chi connectivity index (χ0v) is 9.95. The van der Waals surface area contributed by atoms with Gasteiger partial charge in [-0.3, -0.25) is 0 Å². The Balaban J connectivity index is 2.17. The number of hydrogen-bond acceptors (Lipinski definition) is 3. The molecule has 1 rings (SSSR count). The lowest BCUT2D eigenvalue weighted by Crippen LogP contribution is -2.15. The summed E-state index contributed by atoms with van der Waals surface area (Å²) in [6, 6.07) is 5.50. The number of esters is 1. The summed E-state index contributed by atoms with van der Waals surface area (Å²) in [6.07, 6.45) is 3.01. The monoisotopic (exact) mass is 240 g/mol. The van der Waals surface area contributed by atoms with Gasteiger partial charge in [0.1, 0.15) is 11.6 Å². The Morgan fingerprint density at radius 3 is 2.59 bits per heavy atom. The van der Waals surface area contributed by atoms with Gasteiger partial charge in [-0.25, -0.2) is 9.18 Å². The predicted molar refractivity (Wildman–Crippen MR) is 62.4 cm³/mol. The number of unbranched alkanes of at least 4 members (excludes halogenated alkanes) is 2. The van der Waals surface area contributed by atoms with Crippen molar-refractivity contribution in [2.45, 2.75) is 26.2 Å². The summed E-state index contributed by atoms with van der Waals surface area (Å²) in [5.74, 6) is -0.276. The molecule has 0 aliphatic rings. The molecule has 17 heavy (non-hydrogen) atoms. The van der Waals surface area contributed by atoms with E-state index in [0.717, 1.165) is 19.3 Å². The lowest BCUT2D eigenvalue weighted by atomic mass is 10.3. The van der Waals surface area contributed by atoms with Crippen molar-refractivity contribution >= 4 is 5.97 Å². The molecule has 0 fully saturated rings. The summed E-state index contributed by atoms with van der Waals surface area (Å²) in [5.41, 5.74) is 0. The highest BCUT2D eigenvalue weighted by Crippen LogP contribution is 2.10. The van der Waals surface area contributed by atoms with Crippen LogP contribution in [0, 0.1) is 5.82 Å². The molecule has 4 heteroatoms. The number of hydrogen-bond donors (Lipinski definition) is 0. The minimum Gasteiger partial charge on any atom is -0.482 e. The van der Waals surface area contributed by atoms with Gasteiger partial charge in [0, 0.05) is 0 Å². The van der Waals surface area contributed by atoms with Crippen LogP contribution in [0.5, 0.6) is 5.75 Å². The SMILES string of the molecule is CCCCCOC(=O)COc1ccc(F)cc1. The number of carbonyl (C=O) groups excluding carboxylic acids is 1. The Labute approximate surface area is 101 Å². The third kappa shape index (κ3) is 5.90. The van der Waals surface area contributed by atoms with Crippen LogP contribution in [0.2, 0.25) is 0 Å². The first-order valence-corrected chi connectivity index (χ1v) is 5.76. The lowest BCUT2D eigenvalue weighted by Gasteiger charge is -2.06. The minimum atomic E-state index is -0.398. The van der Waals surface area contributed by atoms with Crippen molar-refractivity contribution in [3.8, 4) is 5.75 Å². The van der Waals surface area contributed by atoms with Gasteiger partial charge in [0.2, 0.25) is 0 Å². The zero-order chi connectivity index (χ0) is 12.5. The highest BCUT2D eigenvalue weighted by Gasteiger charge is 2.03. The van der Waals surface area contributed by atoms with Gasteiger partial charge in [0.25, 0.3) is 0 Å². The molecule has 0 saturated carbocycles. The summed E-state index contributed by atoms with van der Waals surface area (Å²) in [5, 5.41) is 0. The fraction of sp³-hybridized carbons (Fsp3) is 0.462. The van der Waals surface area contributed by atoms with Crippen molar-refractivity contribution < 1.29 is 18.7 Å². The molecule has 0 spiro atoms. The van der Waals surface area contributed by atoms with Gasteiger partial charge in [0.05, 0.1) is 6.61 Å². The molecule has 0 atom stereocenters. The first-order chi connectivity index (χ1) is 8.22. The van der Waals surface area contributed by atoms with Crippen LogP contribution in [0.15, 0.2) is 24.3 Å². The van der Waals surface area contributed by atoms with Gasteiger partial charge >= 0.3 is 5.97 Å². The van der Waals surface area contributed by atoms with E-state index in [9.17, 15) is 9.18 Å². The average Bonchev–Trinajstić information content (AvgIpc) is 2.34. The van der Waals surface area contributed by atoms with Crippen LogP contribution >= 0.6 is 0 Å². The molecule has 1 aromatic rings. The molecule has 0 radical (unpaired) electrons. The second-order valence-corrected chi connectivity index (χ2v) is 3.67. The first kappa shape index (κ1) is 13.5. The van der Waals surface area contributed by atoms with E-state index < -0.39 is 5.97 Å². The molecular formula is C13H17FO3. The van der Waals surface area contributed by atoms with Crippen molar-refractivity contribution in [1.29, 1.82) is 0 Å². The molecule has 0 saturated heterocycles. The Morgan fingerprint density at radius 1 is 1.24 bits per heavy atom. The highest BCUT2D eigenvalue weighted by molar-refractivity contribution is 5.71. The lowest BCUT2D eigenvalue weighted by molar-refractivity contribution is -0.146. The van der Waals surface area contributed by atoms with E-state index in [-0.39, 0.29) is 12.4 Å². The van der Waals surface area contributed by atoms with Crippen LogP contribution in [0.1, 0.15) is 26.2 Å². The summed E-state index contributed by atoms with van der Waals surface area (Å²) < 4.78 is 22.7. The standard InChI is InChI=1S/C13H17FO3/c1-2-3-4-9-16-13(15)10-17-12-7-5-11(14)6-8-12/h5-8H,2-4,9-10H2,1H3. The summed E-state index contributed by atoms with van der Waals surface area (Å²) in [7, 11) is 0. The summed E-state index contributed by atoms with van der Waals surface area (Å²) >= 11 is 0. The largest absolute Gasteiger partial charge is 0.482 e. The second-order valence-electron chi connectivity index (χ2n) is 3.67. The molecule has 0 N–H and O–H groups in total. The smallest absolute Gasteiger partial charge is 0.344 e. The molecule has 0 aliphatic heterocycles. The summed E-state index contributed by atoms with van der Waals surface area (Å²) in [6.45, 7) is 2.37. The van der Waals surface area contributed by atoms with Gasteiger partial charge in [-0.05, 0) is 30.7 Å². The van der Waals surface area contributed by atoms with E-state index in [2.05, 4.69) is 6.92 Å². The summed E-state index contributed by atoms with van der Waals surface area (Å²) in [4.78, 5) is 11.2. The third-order valence-electron chi connectivity index (χ3n) is 2.18. The molecule has 0 aromatic heterocycles. The molecule has 0 bridgehead atoms. The van der Waals surface area contributed by atoms with E-state index in [1.807, 2.05) is 0 Å². The fourth-order valence-electron chi connectivity index (χ4n) is 1.25. The van der Waals surface area contributed by atoms with Crippen molar-refractivity contribution in [2.75, 3.05) is 13.2 Å². The topological polar surface area (TPSA) is 35.5 Å². The zero-order valence-electron chi connectivity index (χ0n) is 9.95. The minimum absolute atomic E-state index is 0.141. The van der Waals surface area contributed by atoms with E-state index in [1.165, 1.54) is 24.3 Å². The van der Waals surface area contributed by atoms with E-state index in [4.69, 9.17) is 9.47 Å². The maximum Gasteiger partial charge on any atom is 0.344 e. The number of benzene rings is 1. The van der Waals surface area contributed by atoms with Crippen molar-refractivity contribution in [1.82, 2.24) is 0 Å². The molecule has 0 heterocycles. The number of carbonyl (C=O) groups is 1. The highest BCUT2D eigenvalue weighted by atomic mass is 19.1. The number of rotatable bonds is 7. The third-order valence-corrected chi connectivity index (χ3v) is 2.18. The Hall–Kier alpha value is -1.58. The molecule has 0 aliphatic carbocycles. The molecule has 3 nitrogen and oxygen atoms in total. The van der Waals surface area contributed by atoms with Gasteiger partial charge in [-0.15, -0.1) is 0 Å². The molecule has 1 aromatic carbocycles. The van der Waals surface area contributed by atoms with E-state index in [0.29, 0.717) is 12.4 Å². The van der Waals surface area contributed by atoms with Crippen LogP contribution < -0.4 is 4.74 Å². The number of halogens is 1. The Kier molecular flexibility index (Phi) is 6.07. The average molecular weight is 240 g/mol. The normalized spacial score (nSPS) is 10.0. The quantitative estimate of drug-likeness (QED) is 0.543. The van der Waals surface area contributed by atoms with Crippen molar-refractivity contribution in [3.63, 3.8) is 0 Å². The molecular weight excluding hydrogens is 223 g/mol. The van der Waals surface area contributed by atoms with Crippen molar-refractivity contribution in [2.24, 2.45) is 0 Å². The Morgan fingerprint density at radius 2 is 1.94 bits per heavy atom. The molecule has 0 amide bonds. The number of ether oxygens (including phenoxy) is 2. The second kappa shape index (κ2) is 7.65. The van der Waals surface area contributed by atoms with Gasteiger partial charge < -0.3 is 9.47 Å². The molecule has 0 unspecified atom stereocenters. The molecule has 94 valence electrons. The van der Waals surface area contributed by atoms with E-state index in [1.54, 1.807) is 0 Å². The van der Waals surface area contributed by atoms with Crippen LogP contribution in [-0.4, -0.2) is 19.2 Å². The maximum atomic E-state index is 12.6.